The van der Waals surface area contributed by atoms with E-state index in [1.54, 1.807) is 36.4 Å². The lowest BCUT2D eigenvalue weighted by molar-refractivity contribution is -0.122. The molecular weight excluding hydrogens is 448 g/mol. The predicted octanol–water partition coefficient (Wildman–Crippen LogP) is 4.81. The zero-order chi connectivity index (χ0) is 22.9. The molecule has 1 aliphatic rings. The fourth-order valence-corrected chi connectivity index (χ4v) is 5.22. The number of rotatable bonds is 5. The van der Waals surface area contributed by atoms with Crippen molar-refractivity contribution in [3.8, 4) is 5.75 Å². The molecule has 0 fully saturated rings. The molecule has 0 aromatic heterocycles. The van der Waals surface area contributed by atoms with Gasteiger partial charge in [0.05, 0.1) is 17.1 Å². The minimum absolute atomic E-state index is 0.131. The van der Waals surface area contributed by atoms with Gasteiger partial charge in [0.2, 0.25) is 0 Å². The fraction of sp³-hybridized carbons (Fsp3) is 0.208. The van der Waals surface area contributed by atoms with Crippen molar-refractivity contribution in [2.45, 2.75) is 31.3 Å². The number of hydrogen-bond donors (Lipinski definition) is 1. The first kappa shape index (κ1) is 22.2. The number of amides is 1. The third kappa shape index (κ3) is 4.31. The fourth-order valence-electron chi connectivity index (χ4n) is 3.59. The number of halogens is 1. The maximum Gasteiger partial charge on any atom is 0.267 e. The Labute approximate surface area is 192 Å². The van der Waals surface area contributed by atoms with Crippen LogP contribution in [-0.2, 0) is 21.2 Å². The molecule has 0 saturated heterocycles. The summed E-state index contributed by atoms with van der Waals surface area (Å²) in [7, 11) is -3.95. The topological polar surface area (TPSA) is 75.7 Å². The van der Waals surface area contributed by atoms with E-state index in [1.165, 1.54) is 10.4 Å². The Morgan fingerprint density at radius 3 is 2.56 bits per heavy atom. The molecule has 0 radical (unpaired) electrons. The molecule has 0 spiro atoms. The quantitative estimate of drug-likeness (QED) is 0.580. The maximum atomic E-state index is 13.5. The summed E-state index contributed by atoms with van der Waals surface area (Å²) in [5.74, 6) is -0.143. The standard InChI is InChI=1S/C24H23ClN2O4S/c1-3-17-6-4-5-7-20(17)26-24(28)23-15-27(21-14-18(25)10-13-22(21)31-23)32(29,30)19-11-8-16(2)9-12-19/h4-14,23H,3,15H2,1-2H3,(H,26,28)/t23-/m1/s1. The van der Waals surface area contributed by atoms with Crippen molar-refractivity contribution in [3.05, 3.63) is 82.9 Å². The van der Waals surface area contributed by atoms with Crippen LogP contribution in [0.2, 0.25) is 5.02 Å². The van der Waals surface area contributed by atoms with Crippen LogP contribution in [0.5, 0.6) is 5.75 Å². The Morgan fingerprint density at radius 2 is 1.84 bits per heavy atom. The van der Waals surface area contributed by atoms with E-state index in [4.69, 9.17) is 16.3 Å². The van der Waals surface area contributed by atoms with Crippen LogP contribution < -0.4 is 14.4 Å². The summed E-state index contributed by atoms with van der Waals surface area (Å²) in [5.41, 5.74) is 2.91. The van der Waals surface area contributed by atoms with Gasteiger partial charge in [0, 0.05) is 10.7 Å². The number of nitrogens with zero attached hydrogens (tertiary/aromatic N) is 1. The molecule has 166 valence electrons. The number of aryl methyl sites for hydroxylation is 2. The number of sulfonamides is 1. The number of carbonyl (C=O) groups excluding carboxylic acids is 1. The van der Waals surface area contributed by atoms with Crippen molar-refractivity contribution in [2.75, 3.05) is 16.2 Å². The number of para-hydroxylation sites is 1. The predicted molar refractivity (Wildman–Crippen MR) is 126 cm³/mol. The summed E-state index contributed by atoms with van der Waals surface area (Å²) < 4.78 is 34.1. The van der Waals surface area contributed by atoms with Crippen LogP contribution in [0, 0.1) is 6.92 Å². The molecule has 0 saturated carbocycles. The molecule has 1 amide bonds. The number of anilines is 2. The van der Waals surface area contributed by atoms with Crippen molar-refractivity contribution < 1.29 is 17.9 Å². The third-order valence-corrected chi connectivity index (χ3v) is 7.38. The Balaban J connectivity index is 1.70. The van der Waals surface area contributed by atoms with Gasteiger partial charge in [-0.15, -0.1) is 0 Å². The second kappa shape index (κ2) is 8.84. The van der Waals surface area contributed by atoms with Gasteiger partial charge in [0.1, 0.15) is 5.75 Å². The van der Waals surface area contributed by atoms with Gasteiger partial charge < -0.3 is 10.1 Å². The smallest absolute Gasteiger partial charge is 0.267 e. The molecule has 0 aliphatic carbocycles. The van der Waals surface area contributed by atoms with E-state index >= 15 is 0 Å². The second-order valence-corrected chi connectivity index (χ2v) is 9.87. The molecule has 0 bridgehead atoms. The zero-order valence-corrected chi connectivity index (χ0v) is 19.3. The summed E-state index contributed by atoms with van der Waals surface area (Å²) in [6, 6.07) is 18.8. The monoisotopic (exact) mass is 470 g/mol. The Morgan fingerprint density at radius 1 is 1.12 bits per heavy atom. The van der Waals surface area contributed by atoms with Gasteiger partial charge in [-0.25, -0.2) is 8.42 Å². The highest BCUT2D eigenvalue weighted by atomic mass is 35.5. The lowest BCUT2D eigenvalue weighted by Crippen LogP contribution is -2.48. The van der Waals surface area contributed by atoms with Crippen molar-refractivity contribution in [1.29, 1.82) is 0 Å². The van der Waals surface area contributed by atoms with Crippen molar-refractivity contribution >= 4 is 38.9 Å². The lowest BCUT2D eigenvalue weighted by atomic mass is 10.1. The molecule has 0 unspecified atom stereocenters. The average Bonchev–Trinajstić information content (AvgIpc) is 2.79. The van der Waals surface area contributed by atoms with Gasteiger partial charge in [-0.3, -0.25) is 9.10 Å². The average molecular weight is 471 g/mol. The Kier molecular flexibility index (Phi) is 6.13. The van der Waals surface area contributed by atoms with E-state index in [9.17, 15) is 13.2 Å². The number of ether oxygens (including phenoxy) is 1. The number of benzene rings is 3. The zero-order valence-electron chi connectivity index (χ0n) is 17.7. The Bertz CT molecular complexity index is 1260. The van der Waals surface area contributed by atoms with Crippen LogP contribution in [0.4, 0.5) is 11.4 Å². The van der Waals surface area contributed by atoms with Gasteiger partial charge in [-0.1, -0.05) is 54.4 Å². The van der Waals surface area contributed by atoms with Crippen LogP contribution in [0.1, 0.15) is 18.1 Å². The molecule has 3 aromatic carbocycles. The number of nitrogens with one attached hydrogen (secondary N) is 1. The van der Waals surface area contributed by atoms with Gasteiger partial charge in [-0.2, -0.15) is 0 Å². The van der Waals surface area contributed by atoms with Crippen LogP contribution in [-0.4, -0.2) is 27.0 Å². The first-order valence-electron chi connectivity index (χ1n) is 10.2. The lowest BCUT2D eigenvalue weighted by Gasteiger charge is -2.35. The first-order chi connectivity index (χ1) is 15.3. The van der Waals surface area contributed by atoms with Crippen LogP contribution >= 0.6 is 11.6 Å². The summed E-state index contributed by atoms with van der Waals surface area (Å²) >= 11 is 6.14. The molecule has 8 heteroatoms. The molecule has 3 aromatic rings. The number of fused-ring (bicyclic) bond motifs is 1. The van der Waals surface area contributed by atoms with E-state index in [1.807, 2.05) is 38.1 Å². The molecule has 1 atom stereocenters. The van der Waals surface area contributed by atoms with Crippen LogP contribution in [0.3, 0.4) is 0 Å². The summed E-state index contributed by atoms with van der Waals surface area (Å²) in [6.07, 6.45) is -0.286. The SMILES string of the molecule is CCc1ccccc1NC(=O)[C@H]1CN(S(=O)(=O)c2ccc(C)cc2)c2cc(Cl)ccc2O1. The minimum atomic E-state index is -3.95. The number of carbonyl (C=O) groups is 1. The normalized spacial score (nSPS) is 15.6. The van der Waals surface area contributed by atoms with E-state index < -0.39 is 22.0 Å². The molecule has 4 rings (SSSR count). The number of hydrogen-bond acceptors (Lipinski definition) is 4. The maximum absolute atomic E-state index is 13.5. The molecule has 1 N–H and O–H groups in total. The van der Waals surface area contributed by atoms with E-state index in [0.717, 1.165) is 17.5 Å². The highest BCUT2D eigenvalue weighted by Gasteiger charge is 2.38. The third-order valence-electron chi connectivity index (χ3n) is 5.35. The summed E-state index contributed by atoms with van der Waals surface area (Å²) in [6.45, 7) is 3.70. The minimum Gasteiger partial charge on any atom is -0.476 e. The second-order valence-electron chi connectivity index (χ2n) is 7.57. The highest BCUT2D eigenvalue weighted by Crippen LogP contribution is 2.39. The summed E-state index contributed by atoms with van der Waals surface area (Å²) in [4.78, 5) is 13.2. The van der Waals surface area contributed by atoms with Gasteiger partial charge in [0.15, 0.2) is 6.10 Å². The van der Waals surface area contributed by atoms with Gasteiger partial charge in [-0.05, 0) is 55.3 Å². The summed E-state index contributed by atoms with van der Waals surface area (Å²) in [5, 5.41) is 3.25. The molecule has 1 aliphatic heterocycles. The van der Waals surface area contributed by atoms with Crippen molar-refractivity contribution in [1.82, 2.24) is 0 Å². The van der Waals surface area contributed by atoms with Crippen molar-refractivity contribution in [2.24, 2.45) is 0 Å². The molecule has 1 heterocycles. The molecule has 6 nitrogen and oxygen atoms in total. The van der Waals surface area contributed by atoms with E-state index in [-0.39, 0.29) is 17.2 Å². The van der Waals surface area contributed by atoms with E-state index in [0.29, 0.717) is 16.4 Å². The van der Waals surface area contributed by atoms with E-state index in [2.05, 4.69) is 5.32 Å². The van der Waals surface area contributed by atoms with Crippen LogP contribution in [0.15, 0.2) is 71.6 Å². The van der Waals surface area contributed by atoms with Gasteiger partial charge in [0.25, 0.3) is 15.9 Å². The largest absolute Gasteiger partial charge is 0.476 e. The highest BCUT2D eigenvalue weighted by molar-refractivity contribution is 7.92. The Hall–Kier alpha value is -3.03. The molecule has 32 heavy (non-hydrogen) atoms. The van der Waals surface area contributed by atoms with Gasteiger partial charge >= 0.3 is 0 Å². The van der Waals surface area contributed by atoms with Crippen LogP contribution in [0.25, 0.3) is 0 Å². The van der Waals surface area contributed by atoms with Crippen molar-refractivity contribution in [3.63, 3.8) is 0 Å². The molecular formula is C24H23ClN2O4S. The first-order valence-corrected chi connectivity index (χ1v) is 12.1.